The molecule has 0 spiro atoms. The van der Waals surface area contributed by atoms with Crippen molar-refractivity contribution in [2.24, 2.45) is 5.92 Å². The number of nitrogens with zero attached hydrogens (tertiary/aromatic N) is 4. The summed E-state index contributed by atoms with van der Waals surface area (Å²) in [5.41, 5.74) is 0.0138. The number of amides is 5. The summed E-state index contributed by atoms with van der Waals surface area (Å²) in [6, 6.07) is 8.60. The third-order valence-electron chi connectivity index (χ3n) is 6.65. The van der Waals surface area contributed by atoms with Crippen LogP contribution in [0.5, 0.6) is 0 Å². The molecule has 3 heterocycles. The molecule has 3 fully saturated rings. The van der Waals surface area contributed by atoms with Crippen LogP contribution in [0.1, 0.15) is 46.5 Å². The van der Waals surface area contributed by atoms with E-state index in [1.807, 2.05) is 31.7 Å². The molecule has 3 aliphatic heterocycles. The summed E-state index contributed by atoms with van der Waals surface area (Å²) >= 11 is 0. The van der Waals surface area contributed by atoms with E-state index < -0.39 is 5.60 Å². The molecule has 1 aromatic carbocycles. The normalized spacial score (nSPS) is 22.4. The monoisotopic (exact) mass is 470 g/mol. The van der Waals surface area contributed by atoms with E-state index in [1.54, 1.807) is 34.1 Å². The Morgan fingerprint density at radius 1 is 0.941 bits per heavy atom. The van der Waals surface area contributed by atoms with Crippen molar-refractivity contribution in [1.29, 1.82) is 0 Å². The maximum atomic E-state index is 13.2. The Kier molecular flexibility index (Phi) is 6.81. The highest BCUT2D eigenvalue weighted by Gasteiger charge is 2.42. The van der Waals surface area contributed by atoms with E-state index in [-0.39, 0.29) is 42.4 Å². The largest absolute Gasteiger partial charge is 0.444 e. The molecule has 0 aliphatic carbocycles. The van der Waals surface area contributed by atoms with Crippen LogP contribution in [0, 0.1) is 5.92 Å². The van der Waals surface area contributed by atoms with Crippen molar-refractivity contribution >= 4 is 29.6 Å². The van der Waals surface area contributed by atoms with Gasteiger partial charge in [-0.05, 0) is 58.6 Å². The van der Waals surface area contributed by atoms with E-state index in [2.05, 4.69) is 0 Å². The van der Waals surface area contributed by atoms with Gasteiger partial charge in [-0.15, -0.1) is 0 Å². The summed E-state index contributed by atoms with van der Waals surface area (Å²) in [7, 11) is 0. The molecular formula is C25H34N4O5. The van der Waals surface area contributed by atoms with Crippen LogP contribution in [0.4, 0.5) is 15.3 Å². The van der Waals surface area contributed by atoms with Crippen molar-refractivity contribution in [1.82, 2.24) is 14.7 Å². The molecule has 1 aromatic rings. The highest BCUT2D eigenvalue weighted by molar-refractivity contribution is 6.19. The van der Waals surface area contributed by atoms with Crippen LogP contribution in [0.2, 0.25) is 0 Å². The van der Waals surface area contributed by atoms with Crippen LogP contribution >= 0.6 is 0 Å². The Balaban J connectivity index is 1.31. The molecule has 184 valence electrons. The third-order valence-corrected chi connectivity index (χ3v) is 6.65. The first-order chi connectivity index (χ1) is 16.1. The van der Waals surface area contributed by atoms with Crippen molar-refractivity contribution < 1.29 is 23.9 Å². The SMILES string of the molecule is CC(C)(C)OC(=O)N1CCCC(C(=O)N2CCC(N3CC(=O)N(c4ccccc4)C3=O)CC2)C1. The summed E-state index contributed by atoms with van der Waals surface area (Å²) in [6.45, 7) is 7.62. The molecular weight excluding hydrogens is 436 g/mol. The number of rotatable bonds is 3. The third kappa shape index (κ3) is 5.18. The summed E-state index contributed by atoms with van der Waals surface area (Å²) in [4.78, 5) is 57.5. The fraction of sp³-hybridized carbons (Fsp3) is 0.600. The number of hydrogen-bond donors (Lipinski definition) is 0. The Bertz CT molecular complexity index is 936. The predicted octanol–water partition coefficient (Wildman–Crippen LogP) is 3.09. The predicted molar refractivity (Wildman–Crippen MR) is 126 cm³/mol. The summed E-state index contributed by atoms with van der Waals surface area (Å²) in [5, 5.41) is 0. The molecule has 4 rings (SSSR count). The number of ether oxygens (including phenoxy) is 1. The smallest absolute Gasteiger partial charge is 0.410 e. The molecule has 0 bridgehead atoms. The number of carbonyl (C=O) groups excluding carboxylic acids is 4. The van der Waals surface area contributed by atoms with E-state index >= 15 is 0 Å². The minimum Gasteiger partial charge on any atom is -0.444 e. The zero-order chi connectivity index (χ0) is 24.5. The average molecular weight is 471 g/mol. The fourth-order valence-electron chi connectivity index (χ4n) is 4.96. The van der Waals surface area contributed by atoms with Gasteiger partial charge in [0.25, 0.3) is 5.91 Å². The maximum Gasteiger partial charge on any atom is 0.410 e. The second-order valence-electron chi connectivity index (χ2n) is 10.3. The van der Waals surface area contributed by atoms with Gasteiger partial charge >= 0.3 is 12.1 Å². The Hall–Kier alpha value is -3.10. The highest BCUT2D eigenvalue weighted by atomic mass is 16.6. The number of anilines is 1. The number of imide groups is 1. The number of hydrogen-bond acceptors (Lipinski definition) is 5. The second kappa shape index (κ2) is 9.64. The second-order valence-corrected chi connectivity index (χ2v) is 10.3. The van der Waals surface area contributed by atoms with Crippen molar-refractivity contribution in [2.75, 3.05) is 37.6 Å². The quantitative estimate of drug-likeness (QED) is 0.633. The molecule has 1 atom stereocenters. The van der Waals surface area contributed by atoms with Crippen molar-refractivity contribution in [2.45, 2.75) is 58.1 Å². The van der Waals surface area contributed by atoms with Crippen LogP contribution in [0.25, 0.3) is 0 Å². The van der Waals surface area contributed by atoms with Gasteiger partial charge < -0.3 is 19.4 Å². The standard InChI is InChI=1S/C25H34N4O5/c1-25(2,3)34-24(33)27-13-7-8-18(16-27)22(31)26-14-11-19(12-15-26)28-17-21(30)29(23(28)32)20-9-5-4-6-10-20/h4-6,9-10,18-19H,7-8,11-17H2,1-3H3. The van der Waals surface area contributed by atoms with E-state index in [0.29, 0.717) is 44.7 Å². The lowest BCUT2D eigenvalue weighted by Crippen LogP contribution is -2.52. The topological polar surface area (TPSA) is 90.5 Å². The van der Waals surface area contributed by atoms with Crippen LogP contribution in [-0.2, 0) is 14.3 Å². The molecule has 0 radical (unpaired) electrons. The minimum absolute atomic E-state index is 0.0569. The van der Waals surface area contributed by atoms with Gasteiger partial charge in [-0.3, -0.25) is 9.59 Å². The van der Waals surface area contributed by atoms with Crippen LogP contribution in [0.3, 0.4) is 0 Å². The highest BCUT2D eigenvalue weighted by Crippen LogP contribution is 2.28. The average Bonchev–Trinajstić information content (AvgIpc) is 3.12. The fourth-order valence-corrected chi connectivity index (χ4v) is 4.96. The number of benzene rings is 1. The molecule has 0 N–H and O–H groups in total. The first-order valence-electron chi connectivity index (χ1n) is 12.1. The minimum atomic E-state index is -0.569. The summed E-state index contributed by atoms with van der Waals surface area (Å²) in [5.74, 6) is -0.401. The van der Waals surface area contributed by atoms with E-state index in [4.69, 9.17) is 4.74 Å². The molecule has 0 saturated carbocycles. The molecule has 3 saturated heterocycles. The Labute approximate surface area is 200 Å². The van der Waals surface area contributed by atoms with Crippen molar-refractivity contribution in [3.8, 4) is 0 Å². The van der Waals surface area contributed by atoms with Gasteiger partial charge in [0.1, 0.15) is 12.1 Å². The zero-order valence-electron chi connectivity index (χ0n) is 20.2. The van der Waals surface area contributed by atoms with Crippen LogP contribution < -0.4 is 4.90 Å². The van der Waals surface area contributed by atoms with Crippen LogP contribution in [0.15, 0.2) is 30.3 Å². The lowest BCUT2D eigenvalue weighted by atomic mass is 9.95. The van der Waals surface area contributed by atoms with E-state index in [9.17, 15) is 19.2 Å². The first kappa shape index (κ1) is 24.0. The number of para-hydroxylation sites is 1. The molecule has 34 heavy (non-hydrogen) atoms. The maximum absolute atomic E-state index is 13.2. The molecule has 3 aliphatic rings. The van der Waals surface area contributed by atoms with Crippen molar-refractivity contribution in [3.63, 3.8) is 0 Å². The number of urea groups is 1. The van der Waals surface area contributed by atoms with Gasteiger partial charge in [0.2, 0.25) is 5.91 Å². The Morgan fingerprint density at radius 3 is 2.26 bits per heavy atom. The molecule has 0 aromatic heterocycles. The zero-order valence-corrected chi connectivity index (χ0v) is 20.2. The molecule has 9 nitrogen and oxygen atoms in total. The van der Waals surface area contributed by atoms with Gasteiger partial charge in [0.15, 0.2) is 0 Å². The first-order valence-corrected chi connectivity index (χ1v) is 12.1. The number of likely N-dealkylation sites (tertiary alicyclic amines) is 2. The lowest BCUT2D eigenvalue weighted by Gasteiger charge is -2.39. The van der Waals surface area contributed by atoms with Gasteiger partial charge in [-0.1, -0.05) is 18.2 Å². The molecule has 9 heteroatoms. The molecule has 5 amide bonds. The summed E-state index contributed by atoms with van der Waals surface area (Å²) in [6.07, 6.45) is 2.42. The lowest BCUT2D eigenvalue weighted by molar-refractivity contribution is -0.138. The Morgan fingerprint density at radius 2 is 1.62 bits per heavy atom. The molecule has 1 unspecified atom stereocenters. The van der Waals surface area contributed by atoms with Crippen molar-refractivity contribution in [3.05, 3.63) is 30.3 Å². The van der Waals surface area contributed by atoms with E-state index in [1.165, 1.54) is 4.90 Å². The van der Waals surface area contributed by atoms with Crippen LogP contribution in [-0.4, -0.2) is 83.0 Å². The van der Waals surface area contributed by atoms with Gasteiger partial charge in [-0.2, -0.15) is 0 Å². The number of carbonyl (C=O) groups is 4. The van der Waals surface area contributed by atoms with Gasteiger partial charge in [-0.25, -0.2) is 14.5 Å². The van der Waals surface area contributed by atoms with E-state index in [0.717, 1.165) is 12.8 Å². The van der Waals surface area contributed by atoms with Gasteiger partial charge in [0, 0.05) is 32.2 Å². The van der Waals surface area contributed by atoms with Gasteiger partial charge in [0.05, 0.1) is 11.6 Å². The number of piperidine rings is 2. The summed E-state index contributed by atoms with van der Waals surface area (Å²) < 4.78 is 5.47.